The third kappa shape index (κ3) is 2.67. The van der Waals surface area contributed by atoms with Gasteiger partial charge in [0.05, 0.1) is 0 Å². The molecule has 1 aromatic rings. The van der Waals surface area contributed by atoms with E-state index in [0.29, 0.717) is 12.6 Å². The van der Waals surface area contributed by atoms with Crippen molar-refractivity contribution in [2.24, 2.45) is 0 Å². The first-order valence-electron chi connectivity index (χ1n) is 4.35. The summed E-state index contributed by atoms with van der Waals surface area (Å²) in [5.41, 5.74) is -1.13. The molecule has 88 valence electrons. The van der Waals surface area contributed by atoms with Crippen molar-refractivity contribution in [2.45, 2.75) is 4.90 Å². The van der Waals surface area contributed by atoms with E-state index in [2.05, 4.69) is 12.6 Å². The van der Waals surface area contributed by atoms with Gasteiger partial charge in [-0.15, -0.1) is 12.6 Å². The third-order valence-electron chi connectivity index (χ3n) is 2.26. The molecule has 5 nitrogen and oxygen atoms in total. The molecule has 1 rings (SSSR count). The van der Waals surface area contributed by atoms with Crippen LogP contribution in [0.5, 0.6) is 0 Å². The van der Waals surface area contributed by atoms with Gasteiger partial charge in [0.15, 0.2) is 31.4 Å². The Bertz CT molecular complexity index is 503. The summed E-state index contributed by atoms with van der Waals surface area (Å²) in [4.78, 5) is 54.0. The first-order valence-corrected chi connectivity index (χ1v) is 4.79. The van der Waals surface area contributed by atoms with Gasteiger partial charge in [0, 0.05) is 32.7 Å². The van der Waals surface area contributed by atoms with Crippen LogP contribution in [0.4, 0.5) is 0 Å². The molecule has 0 fully saturated rings. The zero-order valence-corrected chi connectivity index (χ0v) is 12.3. The van der Waals surface area contributed by atoms with Crippen molar-refractivity contribution in [2.75, 3.05) is 0 Å². The molecule has 0 saturated carbocycles. The molecule has 1 aromatic carbocycles. The fraction of sp³-hybridized carbons (Fsp3) is 0. The molecule has 0 atom stereocenters. The van der Waals surface area contributed by atoms with Crippen molar-refractivity contribution in [3.05, 3.63) is 27.8 Å². The normalized spacial score (nSPS) is 8.94. The van der Waals surface area contributed by atoms with Gasteiger partial charge in [-0.25, -0.2) is 0 Å². The summed E-state index contributed by atoms with van der Waals surface area (Å²) in [5, 5.41) is 0. The molecular weight excluding hydrogens is 267 g/mol. The van der Waals surface area contributed by atoms with Gasteiger partial charge in [0.2, 0.25) is 0 Å². The molecular formula is C11H7NaO5S. The van der Waals surface area contributed by atoms with Crippen molar-refractivity contribution in [3.8, 4) is 0 Å². The first-order chi connectivity index (χ1) is 8.15. The molecule has 7 heteroatoms. The maximum atomic E-state index is 10.8. The van der Waals surface area contributed by atoms with Crippen LogP contribution >= 0.6 is 12.6 Å². The second-order valence-electron chi connectivity index (χ2n) is 3.01. The van der Waals surface area contributed by atoms with Crippen molar-refractivity contribution in [1.29, 1.82) is 0 Å². The summed E-state index contributed by atoms with van der Waals surface area (Å²) >= 11 is 3.91. The van der Waals surface area contributed by atoms with E-state index in [9.17, 15) is 24.0 Å². The van der Waals surface area contributed by atoms with E-state index < -0.39 is 0 Å². The zero-order chi connectivity index (χ0) is 13.0. The monoisotopic (exact) mass is 274 g/mol. The Labute approximate surface area is 131 Å². The van der Waals surface area contributed by atoms with Crippen LogP contribution in [-0.4, -0.2) is 31.4 Å². The van der Waals surface area contributed by atoms with Crippen LogP contribution in [0.25, 0.3) is 0 Å². The molecule has 0 aromatic heterocycles. The average Bonchev–Trinajstić information content (AvgIpc) is 2.36. The number of carbonyl (C=O) groups is 5. The molecule has 0 N–H and O–H groups in total. The fourth-order valence-corrected chi connectivity index (χ4v) is 1.80. The third-order valence-corrected chi connectivity index (χ3v) is 2.74. The number of hydrogen-bond donors (Lipinski definition) is 1. The molecule has 0 aliphatic rings. The second kappa shape index (κ2) is 7.38. The fourth-order valence-electron chi connectivity index (χ4n) is 1.45. The maximum absolute atomic E-state index is 10.8. The van der Waals surface area contributed by atoms with Crippen LogP contribution in [-0.2, 0) is 0 Å². The van der Waals surface area contributed by atoms with Gasteiger partial charge in [-0.2, -0.15) is 0 Å². The van der Waals surface area contributed by atoms with Gasteiger partial charge >= 0.3 is 29.6 Å². The summed E-state index contributed by atoms with van der Waals surface area (Å²) in [5.74, 6) is 0. The smallest absolute Gasteiger partial charge is 1.00 e. The van der Waals surface area contributed by atoms with Crippen molar-refractivity contribution < 1.29 is 55.0 Å². The van der Waals surface area contributed by atoms with Gasteiger partial charge in [0.25, 0.3) is 0 Å². The van der Waals surface area contributed by atoms with E-state index in [-0.39, 0.29) is 82.6 Å². The van der Waals surface area contributed by atoms with E-state index >= 15 is 0 Å². The quantitative estimate of drug-likeness (QED) is 0.387. The molecule has 0 unspecified atom stereocenters. The number of carbonyl (C=O) groups excluding carboxylic acids is 5. The van der Waals surface area contributed by atoms with Gasteiger partial charge < -0.3 is 1.43 Å². The van der Waals surface area contributed by atoms with Gasteiger partial charge in [-0.1, -0.05) is 0 Å². The largest absolute Gasteiger partial charge is 1.00 e. The Morgan fingerprint density at radius 2 is 0.833 bits per heavy atom. The summed E-state index contributed by atoms with van der Waals surface area (Å²) in [6.07, 6.45) is 1.41. The Morgan fingerprint density at radius 1 is 0.611 bits per heavy atom. The molecule has 0 radical (unpaired) electrons. The molecule has 18 heavy (non-hydrogen) atoms. The van der Waals surface area contributed by atoms with Crippen molar-refractivity contribution in [1.82, 2.24) is 0 Å². The molecule has 0 aliphatic carbocycles. The Balaban J connectivity index is 0. The number of rotatable bonds is 5. The molecule has 0 spiro atoms. The van der Waals surface area contributed by atoms with Crippen LogP contribution in [0.1, 0.15) is 53.2 Å². The zero-order valence-electron chi connectivity index (χ0n) is 10.4. The van der Waals surface area contributed by atoms with Crippen molar-refractivity contribution in [3.63, 3.8) is 0 Å². The van der Waals surface area contributed by atoms with Crippen LogP contribution in [0, 0.1) is 0 Å². The van der Waals surface area contributed by atoms with Gasteiger partial charge in [-0.3, -0.25) is 24.0 Å². The summed E-state index contributed by atoms with van der Waals surface area (Å²) in [6, 6.07) is 0. The molecule has 0 amide bonds. The van der Waals surface area contributed by atoms with Crippen LogP contribution < -0.4 is 29.6 Å². The predicted molar refractivity (Wildman–Crippen MR) is 61.7 cm³/mol. The number of hydrogen-bond acceptors (Lipinski definition) is 6. The number of benzene rings is 1. The average molecular weight is 274 g/mol. The molecule has 0 aliphatic heterocycles. The molecule has 0 saturated heterocycles. The standard InChI is InChI=1S/C11H6O5S.Na.H/c12-1-6-7(2-13)9(4-15)11(17)10(5-16)8(6)3-14;;/h1-5,17H;;/q;+1;-1. The van der Waals surface area contributed by atoms with E-state index in [1.54, 1.807) is 0 Å². The van der Waals surface area contributed by atoms with E-state index in [4.69, 9.17) is 0 Å². The van der Waals surface area contributed by atoms with Gasteiger partial charge in [0.1, 0.15) is 0 Å². The van der Waals surface area contributed by atoms with E-state index in [1.807, 2.05) is 0 Å². The minimum Gasteiger partial charge on any atom is -1.00 e. The topological polar surface area (TPSA) is 85.3 Å². The minimum absolute atomic E-state index is 0. The van der Waals surface area contributed by atoms with Crippen molar-refractivity contribution >= 4 is 44.1 Å². The Kier molecular flexibility index (Phi) is 6.93. The summed E-state index contributed by atoms with van der Waals surface area (Å²) in [7, 11) is 0. The summed E-state index contributed by atoms with van der Waals surface area (Å²) in [6.45, 7) is 0. The Hall–Kier alpha value is -1.08. The second-order valence-corrected chi connectivity index (χ2v) is 3.45. The Morgan fingerprint density at radius 3 is 1.06 bits per heavy atom. The molecule has 0 bridgehead atoms. The minimum atomic E-state index is -0.281. The summed E-state index contributed by atoms with van der Waals surface area (Å²) < 4.78 is 0. The van der Waals surface area contributed by atoms with Gasteiger partial charge in [-0.05, 0) is 0 Å². The van der Waals surface area contributed by atoms with Crippen LogP contribution in [0.15, 0.2) is 4.90 Å². The van der Waals surface area contributed by atoms with E-state index in [1.165, 1.54) is 0 Å². The predicted octanol–water partition coefficient (Wildman–Crippen LogP) is -1.85. The number of thiol groups is 1. The van der Waals surface area contributed by atoms with Crippen LogP contribution in [0.2, 0.25) is 0 Å². The number of aldehydes is 5. The van der Waals surface area contributed by atoms with Crippen LogP contribution in [0.3, 0.4) is 0 Å². The maximum Gasteiger partial charge on any atom is 1.00 e. The first kappa shape index (κ1) is 16.9. The molecule has 0 heterocycles. The van der Waals surface area contributed by atoms with E-state index in [0.717, 1.165) is 0 Å². The SMILES string of the molecule is O=Cc1c(S)c(C=O)c(C=O)c(C=O)c1C=O.[H-].[Na+].